The van der Waals surface area contributed by atoms with E-state index in [0.29, 0.717) is 43.2 Å². The largest absolute Gasteiger partial charge is 0.491 e. The molecule has 0 amide bonds. The van der Waals surface area contributed by atoms with E-state index in [0.717, 1.165) is 18.2 Å². The fraction of sp³-hybridized carbons (Fsp3) is 0.409. The Morgan fingerprint density at radius 1 is 1.03 bits per heavy atom. The number of benzene rings is 2. The number of carbonyl (C=O) groups excluding carboxylic acids is 1. The average molecular weight is 407 g/mol. The van der Waals surface area contributed by atoms with Crippen molar-refractivity contribution >= 4 is 11.7 Å². The van der Waals surface area contributed by atoms with Crippen LogP contribution in [-0.2, 0) is 16.1 Å². The fourth-order valence-corrected chi connectivity index (χ4v) is 2.31. The summed E-state index contributed by atoms with van der Waals surface area (Å²) in [5, 5.41) is 0. The molecule has 2 aromatic rings. The second-order valence-electron chi connectivity index (χ2n) is 7.68. The molecule has 0 unspecified atom stereocenters. The SMILES string of the molecule is CC(C)(C)C(=O)Oc1ccc(OCCCCOCc2cc(F)ccc2F)c(N)c1. The summed E-state index contributed by atoms with van der Waals surface area (Å²) < 4.78 is 42.9. The van der Waals surface area contributed by atoms with Gasteiger partial charge in [0, 0.05) is 18.2 Å². The lowest BCUT2D eigenvalue weighted by Gasteiger charge is -2.17. The van der Waals surface area contributed by atoms with E-state index in [2.05, 4.69) is 0 Å². The lowest BCUT2D eigenvalue weighted by molar-refractivity contribution is -0.142. The zero-order valence-electron chi connectivity index (χ0n) is 17.0. The van der Waals surface area contributed by atoms with Gasteiger partial charge < -0.3 is 19.9 Å². The molecule has 0 saturated heterocycles. The van der Waals surface area contributed by atoms with Gasteiger partial charge in [-0.1, -0.05) is 0 Å². The molecule has 0 fully saturated rings. The Morgan fingerprint density at radius 3 is 2.45 bits per heavy atom. The molecule has 29 heavy (non-hydrogen) atoms. The molecule has 7 heteroatoms. The van der Waals surface area contributed by atoms with Gasteiger partial charge in [0.2, 0.25) is 0 Å². The highest BCUT2D eigenvalue weighted by molar-refractivity contribution is 5.78. The molecule has 0 radical (unpaired) electrons. The standard InChI is InChI=1S/C22H27F2NO4/c1-22(2,3)21(26)29-17-7-9-20(19(25)13-17)28-11-5-4-10-27-14-15-12-16(23)6-8-18(15)24/h6-9,12-13H,4-5,10-11,14,25H2,1-3H3. The summed E-state index contributed by atoms with van der Waals surface area (Å²) in [4.78, 5) is 11.9. The Morgan fingerprint density at radius 2 is 1.76 bits per heavy atom. The number of anilines is 1. The molecule has 0 aliphatic rings. The van der Waals surface area contributed by atoms with E-state index in [1.54, 1.807) is 39.0 Å². The van der Waals surface area contributed by atoms with Crippen molar-refractivity contribution < 1.29 is 27.8 Å². The van der Waals surface area contributed by atoms with Gasteiger partial charge in [0.1, 0.15) is 23.1 Å². The summed E-state index contributed by atoms with van der Waals surface area (Å²) in [6.45, 7) is 6.16. The van der Waals surface area contributed by atoms with Gasteiger partial charge in [-0.15, -0.1) is 0 Å². The Balaban J connectivity index is 1.68. The molecule has 0 atom stereocenters. The first-order valence-electron chi connectivity index (χ1n) is 9.43. The van der Waals surface area contributed by atoms with E-state index in [4.69, 9.17) is 19.9 Å². The van der Waals surface area contributed by atoms with E-state index < -0.39 is 17.0 Å². The highest BCUT2D eigenvalue weighted by Gasteiger charge is 2.23. The molecule has 0 aliphatic heterocycles. The van der Waals surface area contributed by atoms with Gasteiger partial charge in [0.15, 0.2) is 0 Å². The van der Waals surface area contributed by atoms with Crippen molar-refractivity contribution in [2.75, 3.05) is 18.9 Å². The van der Waals surface area contributed by atoms with Crippen molar-refractivity contribution in [3.63, 3.8) is 0 Å². The molecule has 0 saturated carbocycles. The quantitative estimate of drug-likeness (QED) is 0.278. The fourth-order valence-electron chi connectivity index (χ4n) is 2.31. The highest BCUT2D eigenvalue weighted by atomic mass is 19.1. The van der Waals surface area contributed by atoms with E-state index in [1.165, 1.54) is 0 Å². The van der Waals surface area contributed by atoms with Crippen LogP contribution in [0.3, 0.4) is 0 Å². The van der Waals surface area contributed by atoms with Crippen LogP contribution in [0.1, 0.15) is 39.2 Å². The van der Waals surface area contributed by atoms with Crippen LogP contribution in [0, 0.1) is 17.0 Å². The van der Waals surface area contributed by atoms with Crippen molar-refractivity contribution in [3.8, 4) is 11.5 Å². The van der Waals surface area contributed by atoms with Gasteiger partial charge in [-0.25, -0.2) is 8.78 Å². The van der Waals surface area contributed by atoms with Crippen LogP contribution in [0.2, 0.25) is 0 Å². The van der Waals surface area contributed by atoms with Gasteiger partial charge in [-0.3, -0.25) is 4.79 Å². The maximum atomic E-state index is 13.5. The number of nitrogen functional groups attached to an aromatic ring is 1. The van der Waals surface area contributed by atoms with Gasteiger partial charge in [0.25, 0.3) is 0 Å². The minimum absolute atomic E-state index is 0.0200. The number of esters is 1. The predicted octanol–water partition coefficient (Wildman–Crippen LogP) is 4.87. The third-order valence-corrected chi connectivity index (χ3v) is 4.01. The van der Waals surface area contributed by atoms with Crippen molar-refractivity contribution in [2.24, 2.45) is 5.41 Å². The number of carbonyl (C=O) groups is 1. The summed E-state index contributed by atoms with van der Waals surface area (Å²) in [6.07, 6.45) is 1.39. The van der Waals surface area contributed by atoms with Crippen LogP contribution in [0.5, 0.6) is 11.5 Å². The molecule has 2 rings (SSSR count). The maximum absolute atomic E-state index is 13.5. The highest BCUT2D eigenvalue weighted by Crippen LogP contribution is 2.28. The number of hydrogen-bond donors (Lipinski definition) is 1. The molecule has 0 aromatic heterocycles. The number of halogens is 2. The van der Waals surface area contributed by atoms with E-state index >= 15 is 0 Å². The zero-order chi connectivity index (χ0) is 21.4. The molecule has 158 valence electrons. The predicted molar refractivity (Wildman–Crippen MR) is 107 cm³/mol. The molecule has 0 spiro atoms. The van der Waals surface area contributed by atoms with E-state index in [9.17, 15) is 13.6 Å². The molecule has 0 heterocycles. The first-order valence-corrected chi connectivity index (χ1v) is 9.43. The van der Waals surface area contributed by atoms with Crippen LogP contribution in [0.25, 0.3) is 0 Å². The molecule has 2 aromatic carbocycles. The summed E-state index contributed by atoms with van der Waals surface area (Å²) in [7, 11) is 0. The molecular weight excluding hydrogens is 380 g/mol. The smallest absolute Gasteiger partial charge is 0.316 e. The van der Waals surface area contributed by atoms with E-state index in [1.807, 2.05) is 0 Å². The van der Waals surface area contributed by atoms with Gasteiger partial charge in [-0.05, 0) is 63.9 Å². The first-order chi connectivity index (χ1) is 13.7. The molecular formula is C22H27F2NO4. The number of unbranched alkanes of at least 4 members (excludes halogenated alkanes) is 1. The van der Waals surface area contributed by atoms with Crippen molar-refractivity contribution in [1.82, 2.24) is 0 Å². The molecule has 0 bridgehead atoms. The minimum atomic E-state index is -0.605. The zero-order valence-corrected chi connectivity index (χ0v) is 17.0. The Labute approximate surface area is 169 Å². The van der Waals surface area contributed by atoms with Gasteiger partial charge in [-0.2, -0.15) is 0 Å². The number of nitrogens with two attached hydrogens (primary N) is 1. The summed E-state index contributed by atoms with van der Waals surface area (Å²) in [6, 6.07) is 8.12. The maximum Gasteiger partial charge on any atom is 0.316 e. The summed E-state index contributed by atoms with van der Waals surface area (Å²) in [5.41, 5.74) is 5.92. The van der Waals surface area contributed by atoms with Crippen LogP contribution in [0.4, 0.5) is 14.5 Å². The minimum Gasteiger partial charge on any atom is -0.491 e. The normalized spacial score (nSPS) is 11.3. The van der Waals surface area contributed by atoms with Crippen molar-refractivity contribution in [3.05, 3.63) is 53.6 Å². The Bertz CT molecular complexity index is 834. The van der Waals surface area contributed by atoms with Crippen molar-refractivity contribution in [1.29, 1.82) is 0 Å². The van der Waals surface area contributed by atoms with Gasteiger partial charge in [0.05, 0.1) is 24.3 Å². The van der Waals surface area contributed by atoms with Crippen LogP contribution in [-0.4, -0.2) is 19.2 Å². The molecule has 2 N–H and O–H groups in total. The third kappa shape index (κ3) is 7.34. The van der Waals surface area contributed by atoms with Crippen molar-refractivity contribution in [2.45, 2.75) is 40.2 Å². The topological polar surface area (TPSA) is 70.8 Å². The Kier molecular flexibility index (Phi) is 7.96. The van der Waals surface area contributed by atoms with Crippen LogP contribution < -0.4 is 15.2 Å². The second kappa shape index (κ2) is 10.2. The van der Waals surface area contributed by atoms with E-state index in [-0.39, 0.29) is 18.1 Å². The Hall–Kier alpha value is -2.67. The lowest BCUT2D eigenvalue weighted by Crippen LogP contribution is -2.25. The lowest BCUT2D eigenvalue weighted by atomic mass is 9.97. The molecule has 5 nitrogen and oxygen atoms in total. The third-order valence-electron chi connectivity index (χ3n) is 4.01. The number of hydrogen-bond acceptors (Lipinski definition) is 5. The molecule has 0 aliphatic carbocycles. The van der Waals surface area contributed by atoms with Crippen LogP contribution >= 0.6 is 0 Å². The number of ether oxygens (including phenoxy) is 3. The second-order valence-corrected chi connectivity index (χ2v) is 7.68. The number of rotatable bonds is 9. The summed E-state index contributed by atoms with van der Waals surface area (Å²) in [5.74, 6) is -0.447. The van der Waals surface area contributed by atoms with Gasteiger partial charge >= 0.3 is 5.97 Å². The summed E-state index contributed by atoms with van der Waals surface area (Å²) >= 11 is 0. The first kappa shape index (κ1) is 22.6. The average Bonchev–Trinajstić information content (AvgIpc) is 2.64. The van der Waals surface area contributed by atoms with Crippen LogP contribution in [0.15, 0.2) is 36.4 Å². The monoisotopic (exact) mass is 407 g/mol.